The molecule has 1 saturated carbocycles. The Bertz CT molecular complexity index is 295. The average Bonchev–Trinajstić information content (AvgIpc) is 2.16. The van der Waals surface area contributed by atoms with E-state index in [1.807, 2.05) is 0 Å². The average molecular weight is 212 g/mol. The molecule has 1 aliphatic carbocycles. The highest BCUT2D eigenvalue weighted by atomic mass is 16.4. The summed E-state index contributed by atoms with van der Waals surface area (Å²) in [7, 11) is 0. The third-order valence-electron chi connectivity index (χ3n) is 3.10. The third kappa shape index (κ3) is 2.43. The molecule has 0 aromatic rings. The molecule has 84 valence electrons. The van der Waals surface area contributed by atoms with Crippen LogP contribution < -0.4 is 0 Å². The second-order valence-electron chi connectivity index (χ2n) is 4.22. The number of carbonyl (C=O) groups excluding carboxylic acids is 2. The van der Waals surface area contributed by atoms with E-state index >= 15 is 0 Å². The molecule has 1 N–H and O–H groups in total. The van der Waals surface area contributed by atoms with Crippen molar-refractivity contribution in [2.45, 2.75) is 45.4 Å². The lowest BCUT2D eigenvalue weighted by Crippen LogP contribution is -2.41. The topological polar surface area (TPSA) is 71.4 Å². The van der Waals surface area contributed by atoms with E-state index in [2.05, 4.69) is 0 Å². The largest absolute Gasteiger partial charge is 0.480 e. The van der Waals surface area contributed by atoms with Crippen molar-refractivity contribution in [3.63, 3.8) is 0 Å². The minimum Gasteiger partial charge on any atom is -0.480 e. The first-order valence-corrected chi connectivity index (χ1v) is 5.25. The summed E-state index contributed by atoms with van der Waals surface area (Å²) in [6.45, 7) is 1.42. The first-order chi connectivity index (χ1) is 6.99. The van der Waals surface area contributed by atoms with Gasteiger partial charge in [-0.15, -0.1) is 0 Å². The third-order valence-corrected chi connectivity index (χ3v) is 3.10. The molecule has 0 spiro atoms. The van der Waals surface area contributed by atoms with Crippen molar-refractivity contribution in [2.75, 3.05) is 0 Å². The van der Waals surface area contributed by atoms with Crippen molar-refractivity contribution >= 4 is 17.5 Å². The predicted molar refractivity (Wildman–Crippen MR) is 53.5 cm³/mol. The highest BCUT2D eigenvalue weighted by Gasteiger charge is 2.46. The van der Waals surface area contributed by atoms with Gasteiger partial charge in [0.1, 0.15) is 17.0 Å². The molecule has 1 rings (SSSR count). The lowest BCUT2D eigenvalue weighted by molar-refractivity contribution is -0.157. The Labute approximate surface area is 88.7 Å². The molecule has 0 aliphatic heterocycles. The maximum absolute atomic E-state index is 11.7. The van der Waals surface area contributed by atoms with Crippen LogP contribution in [0.4, 0.5) is 0 Å². The van der Waals surface area contributed by atoms with E-state index in [0.717, 1.165) is 12.8 Å². The minimum atomic E-state index is -1.27. The summed E-state index contributed by atoms with van der Waals surface area (Å²) in [6, 6.07) is 0. The van der Waals surface area contributed by atoms with E-state index in [9.17, 15) is 14.4 Å². The van der Waals surface area contributed by atoms with Crippen molar-refractivity contribution in [1.29, 1.82) is 0 Å². The minimum absolute atomic E-state index is 0.0611. The molecule has 0 aromatic heterocycles. The van der Waals surface area contributed by atoms with E-state index < -0.39 is 11.4 Å². The van der Waals surface area contributed by atoms with Crippen LogP contribution in [0.3, 0.4) is 0 Å². The Kier molecular flexibility index (Phi) is 3.61. The fraction of sp³-hybridized carbons (Fsp3) is 0.727. The molecule has 1 atom stereocenters. The van der Waals surface area contributed by atoms with Crippen molar-refractivity contribution < 1.29 is 19.5 Å². The van der Waals surface area contributed by atoms with Crippen LogP contribution >= 0.6 is 0 Å². The van der Waals surface area contributed by atoms with Gasteiger partial charge in [0.15, 0.2) is 0 Å². The maximum Gasteiger partial charge on any atom is 0.317 e. The smallest absolute Gasteiger partial charge is 0.317 e. The molecule has 4 nitrogen and oxygen atoms in total. The van der Waals surface area contributed by atoms with Crippen LogP contribution in [0.15, 0.2) is 0 Å². The van der Waals surface area contributed by atoms with Gasteiger partial charge >= 0.3 is 5.97 Å². The van der Waals surface area contributed by atoms with Gasteiger partial charge in [0, 0.05) is 12.8 Å². The van der Waals surface area contributed by atoms with Gasteiger partial charge in [-0.3, -0.25) is 9.59 Å². The van der Waals surface area contributed by atoms with Gasteiger partial charge in [0.2, 0.25) is 0 Å². The summed E-state index contributed by atoms with van der Waals surface area (Å²) in [4.78, 5) is 33.7. The number of carbonyl (C=O) groups is 3. The van der Waals surface area contributed by atoms with Crippen molar-refractivity contribution in [1.82, 2.24) is 0 Å². The Morgan fingerprint density at radius 1 is 1.40 bits per heavy atom. The zero-order chi connectivity index (χ0) is 11.5. The van der Waals surface area contributed by atoms with Gasteiger partial charge in [0.25, 0.3) is 0 Å². The SMILES string of the molecule is CC(=O)CCC1(C(=O)O)CCCCC1=O. The first-order valence-electron chi connectivity index (χ1n) is 5.25. The van der Waals surface area contributed by atoms with E-state index in [1.165, 1.54) is 6.92 Å². The number of hydrogen-bond donors (Lipinski definition) is 1. The highest BCUT2D eigenvalue weighted by molar-refractivity contribution is 6.03. The summed E-state index contributed by atoms with van der Waals surface area (Å²) in [5.74, 6) is -1.33. The first kappa shape index (κ1) is 11.9. The zero-order valence-corrected chi connectivity index (χ0v) is 8.91. The molecule has 4 heteroatoms. The normalized spacial score (nSPS) is 26.3. The molecule has 0 radical (unpaired) electrons. The Morgan fingerprint density at radius 2 is 2.07 bits per heavy atom. The summed E-state index contributed by atoms with van der Waals surface area (Å²) in [5, 5.41) is 9.14. The number of Topliss-reactive ketones (excluding diaryl/α,β-unsaturated/α-hetero) is 2. The number of ketones is 2. The predicted octanol–water partition coefficient (Wildman–Crippen LogP) is 1.57. The molecular formula is C11H16O4. The second-order valence-corrected chi connectivity index (χ2v) is 4.22. The molecule has 1 aliphatic rings. The van der Waals surface area contributed by atoms with Crippen LogP contribution in [0, 0.1) is 5.41 Å². The summed E-state index contributed by atoms with van der Waals surface area (Å²) in [5.41, 5.74) is -1.27. The lowest BCUT2D eigenvalue weighted by Gasteiger charge is -2.31. The Hall–Kier alpha value is -1.19. The van der Waals surface area contributed by atoms with Gasteiger partial charge in [-0.05, 0) is 26.2 Å². The fourth-order valence-electron chi connectivity index (χ4n) is 2.08. The van der Waals surface area contributed by atoms with Crippen molar-refractivity contribution in [3.05, 3.63) is 0 Å². The zero-order valence-electron chi connectivity index (χ0n) is 8.91. The van der Waals surface area contributed by atoms with Crippen LogP contribution in [-0.2, 0) is 14.4 Å². The van der Waals surface area contributed by atoms with Crippen LogP contribution in [0.2, 0.25) is 0 Å². The quantitative estimate of drug-likeness (QED) is 0.718. The van der Waals surface area contributed by atoms with Gasteiger partial charge in [-0.1, -0.05) is 6.42 Å². The maximum atomic E-state index is 11.7. The van der Waals surface area contributed by atoms with Crippen molar-refractivity contribution in [2.24, 2.45) is 5.41 Å². The molecular weight excluding hydrogens is 196 g/mol. The van der Waals surface area contributed by atoms with Gasteiger partial charge in [0.05, 0.1) is 0 Å². The molecule has 0 saturated heterocycles. The second kappa shape index (κ2) is 4.55. The lowest BCUT2D eigenvalue weighted by atomic mass is 9.70. The molecule has 1 unspecified atom stereocenters. The Balaban J connectivity index is 2.81. The number of hydrogen-bond acceptors (Lipinski definition) is 3. The highest BCUT2D eigenvalue weighted by Crippen LogP contribution is 2.37. The Morgan fingerprint density at radius 3 is 2.53 bits per heavy atom. The van der Waals surface area contributed by atoms with E-state index in [0.29, 0.717) is 12.8 Å². The standard InChI is InChI=1S/C11H16O4/c1-8(12)5-7-11(10(14)15)6-3-2-4-9(11)13/h2-7H2,1H3,(H,14,15). The monoisotopic (exact) mass is 212 g/mol. The molecule has 1 fully saturated rings. The number of carboxylic acid groups (broad SMARTS) is 1. The van der Waals surface area contributed by atoms with E-state index in [-0.39, 0.29) is 24.4 Å². The van der Waals surface area contributed by atoms with E-state index in [1.54, 1.807) is 0 Å². The van der Waals surface area contributed by atoms with Crippen LogP contribution in [0.5, 0.6) is 0 Å². The molecule has 15 heavy (non-hydrogen) atoms. The number of rotatable bonds is 4. The van der Waals surface area contributed by atoms with Crippen molar-refractivity contribution in [3.8, 4) is 0 Å². The number of carboxylic acids is 1. The summed E-state index contributed by atoms with van der Waals surface area (Å²) in [6.07, 6.45) is 2.59. The fourth-order valence-corrected chi connectivity index (χ4v) is 2.08. The van der Waals surface area contributed by atoms with Gasteiger partial charge < -0.3 is 9.90 Å². The van der Waals surface area contributed by atoms with Crippen LogP contribution in [0.1, 0.15) is 45.4 Å². The van der Waals surface area contributed by atoms with Crippen LogP contribution in [0.25, 0.3) is 0 Å². The molecule has 0 amide bonds. The molecule has 0 bridgehead atoms. The molecule has 0 aromatic carbocycles. The number of aliphatic carboxylic acids is 1. The van der Waals surface area contributed by atoms with Crippen LogP contribution in [-0.4, -0.2) is 22.6 Å². The van der Waals surface area contributed by atoms with E-state index in [4.69, 9.17) is 5.11 Å². The summed E-state index contributed by atoms with van der Waals surface area (Å²) >= 11 is 0. The van der Waals surface area contributed by atoms with Gasteiger partial charge in [-0.2, -0.15) is 0 Å². The summed E-state index contributed by atoms with van der Waals surface area (Å²) < 4.78 is 0. The van der Waals surface area contributed by atoms with Gasteiger partial charge in [-0.25, -0.2) is 0 Å². The molecule has 0 heterocycles.